The first-order valence-corrected chi connectivity index (χ1v) is 11.2. The molecule has 5 nitrogen and oxygen atoms in total. The minimum Gasteiger partial charge on any atom is -0.365 e. The number of hydrogen-bond acceptors (Lipinski definition) is 4. The predicted molar refractivity (Wildman–Crippen MR) is 123 cm³/mol. The first-order valence-electron chi connectivity index (χ1n) is 10.4. The number of aryl methyl sites for hydroxylation is 1. The lowest BCUT2D eigenvalue weighted by Gasteiger charge is -2.24. The summed E-state index contributed by atoms with van der Waals surface area (Å²) in [6.07, 6.45) is 0.921. The topological polar surface area (TPSA) is 66.6 Å². The van der Waals surface area contributed by atoms with Gasteiger partial charge in [-0.05, 0) is 61.5 Å². The van der Waals surface area contributed by atoms with Gasteiger partial charge in [0.15, 0.2) is 0 Å². The Morgan fingerprint density at radius 1 is 1.20 bits per heavy atom. The number of likely N-dealkylation sites (tertiary alicyclic amines) is 1. The van der Waals surface area contributed by atoms with Crippen molar-refractivity contribution in [3.05, 3.63) is 64.5 Å². The summed E-state index contributed by atoms with van der Waals surface area (Å²) in [5, 5.41) is 1.12. The molecule has 1 saturated heterocycles. The fourth-order valence-corrected chi connectivity index (χ4v) is 5.58. The van der Waals surface area contributed by atoms with Gasteiger partial charge < -0.3 is 10.6 Å². The molecule has 0 spiro atoms. The van der Waals surface area contributed by atoms with Gasteiger partial charge in [-0.25, -0.2) is 0 Å². The predicted octanol–water partition coefficient (Wildman–Crippen LogP) is 4.15. The van der Waals surface area contributed by atoms with Gasteiger partial charge in [0.05, 0.1) is 11.4 Å². The molecule has 0 bridgehead atoms. The van der Waals surface area contributed by atoms with Crippen LogP contribution in [0.1, 0.15) is 40.1 Å². The van der Waals surface area contributed by atoms with E-state index in [1.807, 2.05) is 61.2 Å². The van der Waals surface area contributed by atoms with E-state index in [9.17, 15) is 9.59 Å². The Kier molecular flexibility index (Phi) is 5.88. The number of fused-ring (bicyclic) bond motifs is 1. The molecular weight excluding hydrogens is 394 g/mol. The van der Waals surface area contributed by atoms with E-state index >= 15 is 0 Å². The van der Waals surface area contributed by atoms with Crippen LogP contribution < -0.4 is 10.6 Å². The molecule has 3 aromatic rings. The van der Waals surface area contributed by atoms with Crippen LogP contribution in [0.15, 0.2) is 48.5 Å². The molecule has 1 aromatic heterocycles. The van der Waals surface area contributed by atoms with Crippen molar-refractivity contribution in [2.75, 3.05) is 31.1 Å². The van der Waals surface area contributed by atoms with Crippen LogP contribution in [0, 0.1) is 6.92 Å². The standard InChI is InChI=1S/C24H27N3O2S/c1-3-27(18-8-6-7-16(2)13-18)21(28)15-26-12-11-17(14-26)22-19-9-4-5-10-20(19)30-23(22)24(25)29/h4-10,13,17H,3,11-12,14-15H2,1-2H3,(H2,25,29)/t17-/m1/s1. The smallest absolute Gasteiger partial charge is 0.259 e. The number of likely N-dealkylation sites (N-methyl/N-ethyl adjacent to an activating group) is 1. The van der Waals surface area contributed by atoms with E-state index in [4.69, 9.17) is 5.73 Å². The number of thiophene rings is 1. The third-order valence-electron chi connectivity index (χ3n) is 5.83. The van der Waals surface area contributed by atoms with Crippen molar-refractivity contribution < 1.29 is 9.59 Å². The van der Waals surface area contributed by atoms with Crippen LogP contribution in [-0.2, 0) is 4.79 Å². The molecule has 2 N–H and O–H groups in total. The molecule has 4 rings (SSSR count). The van der Waals surface area contributed by atoms with Crippen LogP contribution in [0.2, 0.25) is 0 Å². The van der Waals surface area contributed by atoms with E-state index in [-0.39, 0.29) is 17.7 Å². The molecule has 1 aliphatic heterocycles. The first kappa shape index (κ1) is 20.6. The maximum Gasteiger partial charge on any atom is 0.259 e. The van der Waals surface area contributed by atoms with E-state index in [1.165, 1.54) is 11.3 Å². The van der Waals surface area contributed by atoms with E-state index in [0.29, 0.717) is 18.0 Å². The van der Waals surface area contributed by atoms with Crippen LogP contribution in [0.3, 0.4) is 0 Å². The lowest BCUT2D eigenvalue weighted by atomic mass is 9.95. The van der Waals surface area contributed by atoms with E-state index in [2.05, 4.69) is 11.0 Å². The Balaban J connectivity index is 1.51. The van der Waals surface area contributed by atoms with Gasteiger partial charge >= 0.3 is 0 Å². The van der Waals surface area contributed by atoms with Gasteiger partial charge in [0, 0.05) is 29.4 Å². The summed E-state index contributed by atoms with van der Waals surface area (Å²) in [5.41, 5.74) is 8.84. The third-order valence-corrected chi connectivity index (χ3v) is 7.03. The molecule has 2 aromatic carbocycles. The summed E-state index contributed by atoms with van der Waals surface area (Å²) in [4.78, 5) is 29.8. The second-order valence-corrected chi connectivity index (χ2v) is 8.96. The molecule has 6 heteroatoms. The molecule has 2 heterocycles. The number of primary amides is 1. The Morgan fingerprint density at radius 2 is 2.00 bits per heavy atom. The normalized spacial score (nSPS) is 16.8. The number of benzene rings is 2. The van der Waals surface area contributed by atoms with Crippen molar-refractivity contribution >= 4 is 38.9 Å². The van der Waals surface area contributed by atoms with Crippen LogP contribution in [0.4, 0.5) is 5.69 Å². The van der Waals surface area contributed by atoms with Crippen molar-refractivity contribution in [3.8, 4) is 0 Å². The average molecular weight is 422 g/mol. The van der Waals surface area contributed by atoms with E-state index in [1.54, 1.807) is 0 Å². The molecule has 30 heavy (non-hydrogen) atoms. The summed E-state index contributed by atoms with van der Waals surface area (Å²) in [5.74, 6) is -0.0446. The highest BCUT2D eigenvalue weighted by molar-refractivity contribution is 7.21. The van der Waals surface area contributed by atoms with Gasteiger partial charge in [-0.1, -0.05) is 30.3 Å². The Labute approximate surface area is 181 Å². The lowest BCUT2D eigenvalue weighted by Crippen LogP contribution is -2.39. The van der Waals surface area contributed by atoms with Gasteiger partial charge in [0.25, 0.3) is 5.91 Å². The van der Waals surface area contributed by atoms with Crippen molar-refractivity contribution in [1.82, 2.24) is 4.90 Å². The van der Waals surface area contributed by atoms with Crippen LogP contribution >= 0.6 is 11.3 Å². The van der Waals surface area contributed by atoms with Crippen molar-refractivity contribution in [3.63, 3.8) is 0 Å². The molecule has 0 radical (unpaired) electrons. The lowest BCUT2D eigenvalue weighted by molar-refractivity contribution is -0.119. The number of nitrogens with two attached hydrogens (primary N) is 1. The minimum absolute atomic E-state index is 0.106. The molecule has 1 fully saturated rings. The van der Waals surface area contributed by atoms with Crippen LogP contribution in [-0.4, -0.2) is 42.9 Å². The highest BCUT2D eigenvalue weighted by Crippen LogP contribution is 2.39. The number of nitrogens with zero attached hydrogens (tertiary/aromatic N) is 2. The summed E-state index contributed by atoms with van der Waals surface area (Å²) in [7, 11) is 0. The fourth-order valence-electron chi connectivity index (χ4n) is 4.44. The van der Waals surface area contributed by atoms with Crippen molar-refractivity contribution in [2.45, 2.75) is 26.2 Å². The second-order valence-electron chi connectivity index (χ2n) is 7.90. The Hall–Kier alpha value is -2.70. The highest BCUT2D eigenvalue weighted by Gasteiger charge is 2.31. The highest BCUT2D eigenvalue weighted by atomic mass is 32.1. The molecular formula is C24H27N3O2S. The number of amides is 2. The largest absolute Gasteiger partial charge is 0.365 e. The van der Waals surface area contributed by atoms with Gasteiger partial charge in [0.2, 0.25) is 5.91 Å². The van der Waals surface area contributed by atoms with Gasteiger partial charge in [-0.15, -0.1) is 11.3 Å². The first-order chi connectivity index (χ1) is 14.5. The molecule has 156 valence electrons. The zero-order valence-corrected chi connectivity index (χ0v) is 18.2. The third kappa shape index (κ3) is 3.98. The van der Waals surface area contributed by atoms with Gasteiger partial charge in [-0.3, -0.25) is 14.5 Å². The molecule has 0 aliphatic carbocycles. The number of carbonyl (C=O) groups is 2. The van der Waals surface area contributed by atoms with Crippen LogP contribution in [0.25, 0.3) is 10.1 Å². The Bertz CT molecular complexity index is 1090. The molecule has 1 aliphatic rings. The zero-order chi connectivity index (χ0) is 21.3. The van der Waals surface area contributed by atoms with Crippen LogP contribution in [0.5, 0.6) is 0 Å². The SMILES string of the molecule is CCN(C(=O)CN1CC[C@@H](c2c(C(N)=O)sc3ccccc23)C1)c1cccc(C)c1. The number of carbonyl (C=O) groups excluding carboxylic acids is 2. The summed E-state index contributed by atoms with van der Waals surface area (Å²) in [6.45, 7) is 6.66. The summed E-state index contributed by atoms with van der Waals surface area (Å²) < 4.78 is 1.09. The fraction of sp³-hybridized carbons (Fsp3) is 0.333. The van der Waals surface area contributed by atoms with Gasteiger partial charge in [-0.2, -0.15) is 0 Å². The Morgan fingerprint density at radius 3 is 2.73 bits per heavy atom. The summed E-state index contributed by atoms with van der Waals surface area (Å²) >= 11 is 1.47. The number of hydrogen-bond donors (Lipinski definition) is 1. The van der Waals surface area contributed by atoms with Gasteiger partial charge in [0.1, 0.15) is 0 Å². The average Bonchev–Trinajstić information content (AvgIpc) is 3.32. The number of rotatable bonds is 6. The van der Waals surface area contributed by atoms with Crippen molar-refractivity contribution in [1.29, 1.82) is 0 Å². The monoisotopic (exact) mass is 421 g/mol. The van der Waals surface area contributed by atoms with E-state index in [0.717, 1.165) is 46.4 Å². The minimum atomic E-state index is -0.364. The second kappa shape index (κ2) is 8.58. The molecule has 0 unspecified atom stereocenters. The maximum atomic E-state index is 13.0. The quantitative estimate of drug-likeness (QED) is 0.650. The number of anilines is 1. The molecule has 2 amide bonds. The van der Waals surface area contributed by atoms with E-state index < -0.39 is 0 Å². The molecule has 0 saturated carbocycles. The molecule has 1 atom stereocenters. The maximum absolute atomic E-state index is 13.0. The van der Waals surface area contributed by atoms with Crippen molar-refractivity contribution in [2.24, 2.45) is 5.73 Å². The summed E-state index contributed by atoms with van der Waals surface area (Å²) in [6, 6.07) is 16.1. The zero-order valence-electron chi connectivity index (χ0n) is 17.4.